The molecule has 0 aliphatic carbocycles. The van der Waals surface area contributed by atoms with E-state index in [1.165, 1.54) is 42.5 Å². The van der Waals surface area contributed by atoms with Crippen LogP contribution in [0.5, 0.6) is 0 Å². The van der Waals surface area contributed by atoms with E-state index < -0.39 is 34.5 Å². The van der Waals surface area contributed by atoms with Crippen molar-refractivity contribution in [1.29, 1.82) is 0 Å². The smallest absolute Gasteiger partial charge is 0.346 e. The maximum Gasteiger partial charge on any atom is 0.352 e. The molecule has 3 rings (SSSR count). The predicted molar refractivity (Wildman–Crippen MR) is 97.3 cm³/mol. The van der Waals surface area contributed by atoms with Gasteiger partial charge in [-0.25, -0.2) is 13.6 Å². The topological polar surface area (TPSA) is 86.0 Å². The van der Waals surface area contributed by atoms with Gasteiger partial charge in [0.2, 0.25) is 5.69 Å². The third-order valence-corrected chi connectivity index (χ3v) is 4.04. The zero-order chi connectivity index (χ0) is 20.3. The van der Waals surface area contributed by atoms with E-state index in [0.29, 0.717) is 10.2 Å². The summed E-state index contributed by atoms with van der Waals surface area (Å²) in [5, 5.41) is 6.29. The lowest BCUT2D eigenvalue weighted by Gasteiger charge is -2.11. The van der Waals surface area contributed by atoms with Crippen molar-refractivity contribution in [3.63, 3.8) is 0 Å². The predicted octanol–water partition coefficient (Wildman–Crippen LogP) is 1.62. The number of halogens is 2. The first kappa shape index (κ1) is 19.2. The minimum absolute atomic E-state index is 0.0190. The molecule has 0 fully saturated rings. The summed E-state index contributed by atoms with van der Waals surface area (Å²) in [5.74, 6) is -1.97. The van der Waals surface area contributed by atoms with Crippen LogP contribution in [0.1, 0.15) is 23.0 Å². The summed E-state index contributed by atoms with van der Waals surface area (Å²) >= 11 is 0. The van der Waals surface area contributed by atoms with Crippen LogP contribution in [0, 0.1) is 11.6 Å². The van der Waals surface area contributed by atoms with Crippen molar-refractivity contribution in [2.24, 2.45) is 0 Å². The number of aromatic nitrogens is 3. The molecule has 2 aromatic carbocycles. The molecule has 0 unspecified atom stereocenters. The Morgan fingerprint density at radius 2 is 1.75 bits per heavy atom. The van der Waals surface area contributed by atoms with Gasteiger partial charge in [-0.05, 0) is 36.8 Å². The molecule has 0 saturated heterocycles. The highest BCUT2D eigenvalue weighted by atomic mass is 19.1. The Labute approximate surface area is 157 Å². The molecule has 0 bridgehead atoms. The van der Waals surface area contributed by atoms with Gasteiger partial charge in [-0.15, -0.1) is 0 Å². The Hall–Kier alpha value is -3.62. The van der Waals surface area contributed by atoms with E-state index in [-0.39, 0.29) is 18.8 Å². The van der Waals surface area contributed by atoms with Crippen molar-refractivity contribution < 1.29 is 13.6 Å². The fourth-order valence-electron chi connectivity index (χ4n) is 2.58. The normalized spacial score (nSPS) is 10.7. The van der Waals surface area contributed by atoms with Gasteiger partial charge in [0.25, 0.3) is 11.5 Å². The SMILES string of the molecule is CCn1c(=O)c(C(=O)NCc2ccc(F)cc2)nn(-c2ccccc2F)c1=O. The van der Waals surface area contributed by atoms with Crippen LogP contribution in [0.3, 0.4) is 0 Å². The standard InChI is InChI=1S/C19H16F2N4O3/c1-2-24-18(27)16(17(26)22-11-12-7-9-13(20)10-8-12)23-25(19(24)28)15-6-4-3-5-14(15)21/h3-10H,2,11H2,1H3,(H,22,26). The van der Waals surface area contributed by atoms with Crippen molar-refractivity contribution in [3.8, 4) is 5.69 Å². The van der Waals surface area contributed by atoms with E-state index in [0.717, 1.165) is 10.6 Å². The van der Waals surface area contributed by atoms with Gasteiger partial charge in [-0.2, -0.15) is 9.78 Å². The minimum Gasteiger partial charge on any atom is -0.346 e. The lowest BCUT2D eigenvalue weighted by Crippen LogP contribution is -2.45. The number of benzene rings is 2. The molecule has 0 aliphatic heterocycles. The first-order chi connectivity index (χ1) is 13.4. The van der Waals surface area contributed by atoms with Gasteiger partial charge in [-0.1, -0.05) is 24.3 Å². The van der Waals surface area contributed by atoms with Gasteiger partial charge in [0, 0.05) is 13.1 Å². The van der Waals surface area contributed by atoms with E-state index >= 15 is 0 Å². The van der Waals surface area contributed by atoms with Crippen LogP contribution in [0.15, 0.2) is 58.1 Å². The lowest BCUT2D eigenvalue weighted by atomic mass is 10.2. The number of para-hydroxylation sites is 1. The van der Waals surface area contributed by atoms with Crippen LogP contribution in [0.4, 0.5) is 8.78 Å². The number of nitrogens with zero attached hydrogens (tertiary/aromatic N) is 3. The summed E-state index contributed by atoms with van der Waals surface area (Å²) in [6.45, 7) is 1.55. The van der Waals surface area contributed by atoms with Crippen LogP contribution in [0.2, 0.25) is 0 Å². The summed E-state index contributed by atoms with van der Waals surface area (Å²) in [6, 6.07) is 10.8. The maximum absolute atomic E-state index is 14.1. The molecule has 0 radical (unpaired) electrons. The van der Waals surface area contributed by atoms with Gasteiger partial charge in [0.05, 0.1) is 0 Å². The van der Waals surface area contributed by atoms with Crippen molar-refractivity contribution in [2.75, 3.05) is 0 Å². The average molecular weight is 386 g/mol. The summed E-state index contributed by atoms with van der Waals surface area (Å²) in [7, 11) is 0. The number of carbonyl (C=O) groups excluding carboxylic acids is 1. The molecule has 1 heterocycles. The Morgan fingerprint density at radius 1 is 1.07 bits per heavy atom. The third kappa shape index (κ3) is 3.73. The highest BCUT2D eigenvalue weighted by Gasteiger charge is 2.20. The highest BCUT2D eigenvalue weighted by molar-refractivity contribution is 5.91. The lowest BCUT2D eigenvalue weighted by molar-refractivity contribution is 0.0941. The first-order valence-electron chi connectivity index (χ1n) is 8.44. The Bertz CT molecular complexity index is 1140. The summed E-state index contributed by atoms with van der Waals surface area (Å²) in [6.07, 6.45) is 0. The second-order valence-electron chi connectivity index (χ2n) is 5.85. The molecule has 144 valence electrons. The van der Waals surface area contributed by atoms with Crippen molar-refractivity contribution in [2.45, 2.75) is 20.0 Å². The molecular weight excluding hydrogens is 370 g/mol. The fourth-order valence-corrected chi connectivity index (χ4v) is 2.58. The van der Waals surface area contributed by atoms with Gasteiger partial charge in [0.1, 0.15) is 17.3 Å². The van der Waals surface area contributed by atoms with Gasteiger partial charge >= 0.3 is 5.69 Å². The zero-order valence-electron chi connectivity index (χ0n) is 14.9. The number of hydrogen-bond donors (Lipinski definition) is 1. The summed E-state index contributed by atoms with van der Waals surface area (Å²) in [4.78, 5) is 37.4. The van der Waals surface area contributed by atoms with Crippen LogP contribution < -0.4 is 16.6 Å². The molecule has 1 aromatic heterocycles. The molecule has 0 atom stereocenters. The summed E-state index contributed by atoms with van der Waals surface area (Å²) in [5.41, 5.74) is -1.86. The second kappa shape index (κ2) is 7.95. The van der Waals surface area contributed by atoms with Crippen LogP contribution in [-0.2, 0) is 13.1 Å². The molecule has 3 aromatic rings. The molecular formula is C19H16F2N4O3. The summed E-state index contributed by atoms with van der Waals surface area (Å²) < 4.78 is 28.6. The monoisotopic (exact) mass is 386 g/mol. The number of hydrogen-bond acceptors (Lipinski definition) is 4. The van der Waals surface area contributed by atoms with Crippen molar-refractivity contribution in [3.05, 3.63) is 92.3 Å². The maximum atomic E-state index is 14.1. The Kier molecular flexibility index (Phi) is 5.44. The highest BCUT2D eigenvalue weighted by Crippen LogP contribution is 2.09. The van der Waals surface area contributed by atoms with E-state index in [1.807, 2.05) is 0 Å². The van der Waals surface area contributed by atoms with Crippen LogP contribution in [-0.4, -0.2) is 20.3 Å². The molecule has 7 nitrogen and oxygen atoms in total. The zero-order valence-corrected chi connectivity index (χ0v) is 14.9. The van der Waals surface area contributed by atoms with Crippen LogP contribution in [0.25, 0.3) is 5.69 Å². The number of rotatable bonds is 5. The number of carbonyl (C=O) groups is 1. The number of amides is 1. The van der Waals surface area contributed by atoms with E-state index in [1.54, 1.807) is 6.92 Å². The van der Waals surface area contributed by atoms with E-state index in [9.17, 15) is 23.2 Å². The third-order valence-electron chi connectivity index (χ3n) is 4.04. The molecule has 0 saturated carbocycles. The van der Waals surface area contributed by atoms with Gasteiger partial charge in [-0.3, -0.25) is 14.2 Å². The van der Waals surface area contributed by atoms with Crippen LogP contribution >= 0.6 is 0 Å². The molecule has 0 spiro atoms. The fraction of sp³-hybridized carbons (Fsp3) is 0.158. The van der Waals surface area contributed by atoms with Crippen molar-refractivity contribution in [1.82, 2.24) is 19.7 Å². The first-order valence-corrected chi connectivity index (χ1v) is 8.44. The van der Waals surface area contributed by atoms with E-state index in [2.05, 4.69) is 10.4 Å². The average Bonchev–Trinajstić information content (AvgIpc) is 2.69. The molecule has 1 amide bonds. The molecule has 0 aliphatic rings. The number of nitrogens with one attached hydrogen (secondary N) is 1. The van der Waals surface area contributed by atoms with Crippen molar-refractivity contribution >= 4 is 5.91 Å². The Morgan fingerprint density at radius 3 is 2.39 bits per heavy atom. The van der Waals surface area contributed by atoms with Gasteiger partial charge < -0.3 is 5.32 Å². The largest absolute Gasteiger partial charge is 0.352 e. The minimum atomic E-state index is -0.878. The quantitative estimate of drug-likeness (QED) is 0.722. The molecule has 28 heavy (non-hydrogen) atoms. The molecule has 1 N–H and O–H groups in total. The second-order valence-corrected chi connectivity index (χ2v) is 5.85. The molecule has 9 heteroatoms. The Balaban J connectivity index is 2.00. The van der Waals surface area contributed by atoms with E-state index in [4.69, 9.17) is 0 Å². The van der Waals surface area contributed by atoms with Gasteiger partial charge in [0.15, 0.2) is 0 Å².